The van der Waals surface area contributed by atoms with E-state index in [1.54, 1.807) is 13.2 Å². The number of Topliss-reactive ketones (excluding diaryl/α,β-unsaturated/α-hetero) is 1. The molecule has 3 heterocycles. The second-order valence-corrected chi connectivity index (χ2v) is 8.83. The predicted molar refractivity (Wildman–Crippen MR) is 126 cm³/mol. The molecule has 1 fully saturated rings. The quantitative estimate of drug-likeness (QED) is 0.624. The van der Waals surface area contributed by atoms with Crippen molar-refractivity contribution in [1.82, 2.24) is 9.47 Å². The van der Waals surface area contributed by atoms with Crippen LogP contribution in [0.1, 0.15) is 51.6 Å². The Morgan fingerprint density at radius 1 is 1.18 bits per heavy atom. The number of methoxy groups -OCH3 is 1. The second-order valence-electron chi connectivity index (χ2n) is 8.83. The van der Waals surface area contributed by atoms with Crippen LogP contribution in [-0.2, 0) is 6.42 Å². The molecule has 5 rings (SSSR count). The van der Waals surface area contributed by atoms with Crippen LogP contribution in [0.25, 0.3) is 10.9 Å². The van der Waals surface area contributed by atoms with Crippen molar-refractivity contribution >= 4 is 22.6 Å². The molecule has 2 aromatic carbocycles. The largest absolute Gasteiger partial charge is 0.496 e. The average molecular weight is 448 g/mol. The molecule has 7 heteroatoms. The summed E-state index contributed by atoms with van der Waals surface area (Å²) in [5.41, 5.74) is 8.74. The Labute approximate surface area is 193 Å². The SMILES string of the molecule is COc1ccc2c(c1CCN1CCC(n3ccc4ccc(C(N)=O)cc43)CC1)OCCC2=O. The summed E-state index contributed by atoms with van der Waals surface area (Å²) in [6, 6.07) is 11.8. The van der Waals surface area contributed by atoms with E-state index in [1.165, 1.54) is 0 Å². The van der Waals surface area contributed by atoms with E-state index in [4.69, 9.17) is 15.2 Å². The number of carbonyl (C=O) groups excluding carboxylic acids is 2. The molecule has 172 valence electrons. The first-order chi connectivity index (χ1) is 16.0. The summed E-state index contributed by atoms with van der Waals surface area (Å²) in [5, 5.41) is 1.12. The molecule has 2 aliphatic rings. The lowest BCUT2D eigenvalue weighted by Gasteiger charge is -2.33. The number of primary amides is 1. The topological polar surface area (TPSA) is 86.8 Å². The number of hydrogen-bond acceptors (Lipinski definition) is 5. The number of carbonyl (C=O) groups is 2. The molecule has 1 amide bonds. The number of benzene rings is 2. The number of fused-ring (bicyclic) bond motifs is 2. The molecule has 1 saturated heterocycles. The zero-order valence-corrected chi connectivity index (χ0v) is 18.9. The minimum absolute atomic E-state index is 0.138. The summed E-state index contributed by atoms with van der Waals surface area (Å²) in [5.74, 6) is 1.22. The fourth-order valence-electron chi connectivity index (χ4n) is 5.11. The number of ether oxygens (including phenoxy) is 2. The molecular formula is C26H29N3O4. The van der Waals surface area contributed by atoms with Gasteiger partial charge in [-0.15, -0.1) is 0 Å². The molecule has 0 spiro atoms. The van der Waals surface area contributed by atoms with Gasteiger partial charge >= 0.3 is 0 Å². The number of piperidine rings is 1. The van der Waals surface area contributed by atoms with Gasteiger partial charge in [-0.3, -0.25) is 9.59 Å². The van der Waals surface area contributed by atoms with Crippen LogP contribution in [0.15, 0.2) is 42.6 Å². The Balaban J connectivity index is 1.26. The molecule has 2 N–H and O–H groups in total. The van der Waals surface area contributed by atoms with Crippen LogP contribution in [0.5, 0.6) is 11.5 Å². The van der Waals surface area contributed by atoms with Gasteiger partial charge in [0.2, 0.25) is 5.91 Å². The summed E-state index contributed by atoms with van der Waals surface area (Å²) in [7, 11) is 1.66. The predicted octanol–water partition coefficient (Wildman–Crippen LogP) is 3.59. The number of ketones is 1. The molecule has 0 bridgehead atoms. The van der Waals surface area contributed by atoms with E-state index >= 15 is 0 Å². The van der Waals surface area contributed by atoms with Crippen molar-refractivity contribution in [3.8, 4) is 11.5 Å². The van der Waals surface area contributed by atoms with Crippen LogP contribution in [-0.4, -0.2) is 54.5 Å². The highest BCUT2D eigenvalue weighted by atomic mass is 16.5. The third kappa shape index (κ3) is 4.09. The molecule has 33 heavy (non-hydrogen) atoms. The van der Waals surface area contributed by atoms with Crippen molar-refractivity contribution < 1.29 is 19.1 Å². The minimum Gasteiger partial charge on any atom is -0.496 e. The highest BCUT2D eigenvalue weighted by molar-refractivity contribution is 6.00. The van der Waals surface area contributed by atoms with Crippen molar-refractivity contribution in [2.24, 2.45) is 5.73 Å². The number of likely N-dealkylation sites (tertiary alicyclic amines) is 1. The zero-order valence-electron chi connectivity index (χ0n) is 18.9. The van der Waals surface area contributed by atoms with Gasteiger partial charge in [-0.05, 0) is 55.0 Å². The Bertz CT molecular complexity index is 1210. The van der Waals surface area contributed by atoms with E-state index in [-0.39, 0.29) is 5.78 Å². The third-order valence-corrected chi connectivity index (χ3v) is 6.95. The first-order valence-electron chi connectivity index (χ1n) is 11.5. The van der Waals surface area contributed by atoms with Crippen molar-refractivity contribution in [3.63, 3.8) is 0 Å². The first kappa shape index (κ1) is 21.5. The number of rotatable bonds is 6. The lowest BCUT2D eigenvalue weighted by molar-refractivity contribution is 0.0931. The molecule has 0 unspecified atom stereocenters. The smallest absolute Gasteiger partial charge is 0.248 e. The lowest BCUT2D eigenvalue weighted by Crippen LogP contribution is -2.36. The summed E-state index contributed by atoms with van der Waals surface area (Å²) in [6.45, 7) is 3.28. The molecule has 0 aliphatic carbocycles. The number of hydrogen-bond donors (Lipinski definition) is 1. The average Bonchev–Trinajstić information content (AvgIpc) is 3.26. The van der Waals surface area contributed by atoms with Gasteiger partial charge in [0.1, 0.15) is 11.5 Å². The molecule has 2 aliphatic heterocycles. The van der Waals surface area contributed by atoms with Gasteiger partial charge < -0.3 is 24.7 Å². The fraction of sp³-hybridized carbons (Fsp3) is 0.385. The summed E-state index contributed by atoms with van der Waals surface area (Å²) >= 11 is 0. The molecular weight excluding hydrogens is 418 g/mol. The van der Waals surface area contributed by atoms with E-state index in [9.17, 15) is 9.59 Å². The highest BCUT2D eigenvalue weighted by Crippen LogP contribution is 2.36. The fourth-order valence-corrected chi connectivity index (χ4v) is 5.11. The molecule has 7 nitrogen and oxygen atoms in total. The van der Waals surface area contributed by atoms with Gasteiger partial charge in [0.25, 0.3) is 0 Å². The number of amides is 1. The molecule has 0 saturated carbocycles. The maximum absolute atomic E-state index is 12.3. The molecule has 0 atom stereocenters. The van der Waals surface area contributed by atoms with E-state index in [1.807, 2.05) is 24.3 Å². The van der Waals surface area contributed by atoms with Crippen LogP contribution in [0, 0.1) is 0 Å². The van der Waals surface area contributed by atoms with Gasteiger partial charge in [-0.2, -0.15) is 0 Å². The lowest BCUT2D eigenvalue weighted by atomic mass is 9.98. The Hall–Kier alpha value is -3.32. The summed E-state index contributed by atoms with van der Waals surface area (Å²) in [6.07, 6.45) is 5.39. The maximum Gasteiger partial charge on any atom is 0.248 e. The Kier molecular flexibility index (Phi) is 5.81. The van der Waals surface area contributed by atoms with Gasteiger partial charge in [0, 0.05) is 54.9 Å². The molecule has 0 radical (unpaired) electrons. The zero-order chi connectivity index (χ0) is 22.9. The number of nitrogens with two attached hydrogens (primary N) is 1. The van der Waals surface area contributed by atoms with Crippen LogP contribution < -0.4 is 15.2 Å². The molecule has 1 aromatic heterocycles. The van der Waals surface area contributed by atoms with Gasteiger partial charge in [-0.1, -0.05) is 6.07 Å². The minimum atomic E-state index is -0.399. The van der Waals surface area contributed by atoms with Crippen molar-refractivity contribution in [3.05, 3.63) is 59.3 Å². The number of aromatic nitrogens is 1. The van der Waals surface area contributed by atoms with E-state index in [0.717, 1.165) is 61.1 Å². The molecule has 3 aromatic rings. The second kappa shape index (κ2) is 8.90. The maximum atomic E-state index is 12.3. The standard InChI is InChI=1S/C26H29N3O4/c1-32-24-5-4-20-23(30)10-15-33-25(20)21(24)9-13-28-11-7-19(8-12-28)29-14-6-17-2-3-18(26(27)31)16-22(17)29/h2-6,14,16,19H,7-13,15H2,1H3,(H2,27,31). The van der Waals surface area contributed by atoms with Gasteiger partial charge in [0.15, 0.2) is 5.78 Å². The van der Waals surface area contributed by atoms with Crippen LogP contribution in [0.4, 0.5) is 0 Å². The van der Waals surface area contributed by atoms with E-state index in [0.29, 0.717) is 35.9 Å². The van der Waals surface area contributed by atoms with Gasteiger partial charge in [-0.25, -0.2) is 0 Å². The van der Waals surface area contributed by atoms with Crippen LogP contribution >= 0.6 is 0 Å². The monoisotopic (exact) mass is 447 g/mol. The number of nitrogens with zero attached hydrogens (tertiary/aromatic N) is 2. The van der Waals surface area contributed by atoms with Crippen LogP contribution in [0.2, 0.25) is 0 Å². The summed E-state index contributed by atoms with van der Waals surface area (Å²) in [4.78, 5) is 26.4. The first-order valence-corrected chi connectivity index (χ1v) is 11.5. The summed E-state index contributed by atoms with van der Waals surface area (Å²) < 4.78 is 13.7. The van der Waals surface area contributed by atoms with Gasteiger partial charge in [0.05, 0.1) is 19.3 Å². The normalized spacial score (nSPS) is 17.1. The Morgan fingerprint density at radius 2 is 2.00 bits per heavy atom. The van der Waals surface area contributed by atoms with Crippen molar-refractivity contribution in [2.75, 3.05) is 33.4 Å². The third-order valence-electron chi connectivity index (χ3n) is 6.95. The van der Waals surface area contributed by atoms with Crippen molar-refractivity contribution in [1.29, 1.82) is 0 Å². The Morgan fingerprint density at radius 3 is 2.76 bits per heavy atom. The highest BCUT2D eigenvalue weighted by Gasteiger charge is 2.26. The van der Waals surface area contributed by atoms with E-state index in [2.05, 4.69) is 21.7 Å². The van der Waals surface area contributed by atoms with Crippen molar-refractivity contribution in [2.45, 2.75) is 31.7 Å². The van der Waals surface area contributed by atoms with E-state index < -0.39 is 5.91 Å². The van der Waals surface area contributed by atoms with Crippen LogP contribution in [0.3, 0.4) is 0 Å².